The third-order valence-electron chi connectivity index (χ3n) is 3.72. The van der Waals surface area contributed by atoms with Gasteiger partial charge in [0.15, 0.2) is 0 Å². The van der Waals surface area contributed by atoms with Crippen LogP contribution in [0.2, 0.25) is 0 Å². The molecule has 0 aliphatic rings. The summed E-state index contributed by atoms with van der Waals surface area (Å²) in [7, 11) is -4.83. The molecule has 0 aromatic heterocycles. The largest absolute Gasteiger partial charge is 0.326 e. The van der Waals surface area contributed by atoms with Gasteiger partial charge in [-0.2, -0.15) is 0 Å². The number of anilines is 2. The van der Waals surface area contributed by atoms with E-state index in [2.05, 4.69) is 10.0 Å². The van der Waals surface area contributed by atoms with Crippen molar-refractivity contribution in [2.75, 3.05) is 24.1 Å². The van der Waals surface area contributed by atoms with Gasteiger partial charge in [0.2, 0.25) is 15.9 Å². The summed E-state index contributed by atoms with van der Waals surface area (Å²) in [5, 5.41) is 2.55. The number of hydrogen-bond donors (Lipinski definition) is 2. The molecule has 0 radical (unpaired) electrons. The Labute approximate surface area is 159 Å². The minimum Gasteiger partial charge on any atom is -0.326 e. The van der Waals surface area contributed by atoms with Crippen molar-refractivity contribution in [1.82, 2.24) is 4.31 Å². The molecule has 2 aromatic carbocycles. The van der Waals surface area contributed by atoms with E-state index in [1.807, 2.05) is 0 Å². The van der Waals surface area contributed by atoms with E-state index in [1.165, 1.54) is 63.5 Å². The third kappa shape index (κ3) is 4.85. The molecule has 0 bridgehead atoms. The molecule has 0 saturated carbocycles. The van der Waals surface area contributed by atoms with Crippen LogP contribution < -0.4 is 10.0 Å². The van der Waals surface area contributed by atoms with Gasteiger partial charge in [0.05, 0.1) is 15.5 Å². The monoisotopic (exact) mass is 411 g/mol. The lowest BCUT2D eigenvalue weighted by molar-refractivity contribution is -0.114. The summed E-state index contributed by atoms with van der Waals surface area (Å²) in [6.07, 6.45) is 0. The Hall–Kier alpha value is -2.43. The van der Waals surface area contributed by atoms with Gasteiger partial charge in [-0.3, -0.25) is 9.52 Å². The Balaban J connectivity index is 2.36. The Morgan fingerprint density at radius 2 is 1.48 bits per heavy atom. The summed E-state index contributed by atoms with van der Waals surface area (Å²) in [5.74, 6) is -0.265. The van der Waals surface area contributed by atoms with E-state index in [0.29, 0.717) is 11.3 Å². The smallest absolute Gasteiger partial charge is 0.261 e. The van der Waals surface area contributed by atoms with Crippen LogP contribution in [0.3, 0.4) is 0 Å². The van der Waals surface area contributed by atoms with E-state index in [0.717, 1.165) is 4.31 Å². The molecule has 0 fully saturated rings. The van der Waals surface area contributed by atoms with Gasteiger partial charge in [0.1, 0.15) is 0 Å². The first-order valence-electron chi connectivity index (χ1n) is 7.87. The summed E-state index contributed by atoms with van der Waals surface area (Å²) in [5.41, 5.74) is 1.21. The molecular weight excluding hydrogens is 390 g/mol. The van der Waals surface area contributed by atoms with E-state index in [-0.39, 0.29) is 21.4 Å². The molecular formula is C17H21N3O5S2. The lowest BCUT2D eigenvalue weighted by Crippen LogP contribution is -2.22. The number of sulfonamides is 2. The highest BCUT2D eigenvalue weighted by molar-refractivity contribution is 7.92. The first kappa shape index (κ1) is 20.9. The minimum atomic E-state index is -3.93. The Morgan fingerprint density at radius 1 is 0.926 bits per heavy atom. The van der Waals surface area contributed by atoms with E-state index < -0.39 is 20.0 Å². The maximum absolute atomic E-state index is 12.6. The zero-order valence-electron chi connectivity index (χ0n) is 15.3. The number of rotatable bonds is 6. The maximum Gasteiger partial charge on any atom is 0.261 e. The second-order valence-corrected chi connectivity index (χ2v) is 9.91. The Morgan fingerprint density at radius 3 is 2.00 bits per heavy atom. The number of nitrogens with zero attached hydrogens (tertiary/aromatic N) is 1. The molecule has 0 aliphatic heterocycles. The molecule has 27 heavy (non-hydrogen) atoms. The third-order valence-corrected chi connectivity index (χ3v) is 6.91. The number of nitrogens with one attached hydrogen (secondary N) is 2. The van der Waals surface area contributed by atoms with Gasteiger partial charge in [-0.15, -0.1) is 0 Å². The lowest BCUT2D eigenvalue weighted by Gasteiger charge is -2.15. The second kappa shape index (κ2) is 7.67. The van der Waals surface area contributed by atoms with Gasteiger partial charge < -0.3 is 5.32 Å². The van der Waals surface area contributed by atoms with Gasteiger partial charge in [-0.05, 0) is 48.9 Å². The van der Waals surface area contributed by atoms with Crippen molar-refractivity contribution in [2.24, 2.45) is 0 Å². The molecule has 1 amide bonds. The van der Waals surface area contributed by atoms with Crippen LogP contribution in [0.25, 0.3) is 0 Å². The first-order valence-corrected chi connectivity index (χ1v) is 10.8. The number of aryl methyl sites for hydroxylation is 1. The van der Waals surface area contributed by atoms with Gasteiger partial charge in [0.25, 0.3) is 10.0 Å². The lowest BCUT2D eigenvalue weighted by atomic mass is 10.2. The highest BCUT2D eigenvalue weighted by Gasteiger charge is 2.20. The number of hydrogen-bond acceptors (Lipinski definition) is 5. The number of benzene rings is 2. The van der Waals surface area contributed by atoms with Crippen LogP contribution in [0.1, 0.15) is 12.5 Å². The summed E-state index contributed by atoms with van der Waals surface area (Å²) in [6.45, 7) is 3.02. The first-order chi connectivity index (χ1) is 12.4. The zero-order valence-corrected chi connectivity index (χ0v) is 17.0. The van der Waals surface area contributed by atoms with Crippen LogP contribution in [0.15, 0.2) is 52.3 Å². The fraction of sp³-hybridized carbons (Fsp3) is 0.235. The summed E-state index contributed by atoms with van der Waals surface area (Å²) < 4.78 is 53.3. The van der Waals surface area contributed by atoms with Crippen molar-refractivity contribution in [3.63, 3.8) is 0 Å². The molecule has 0 unspecified atom stereocenters. The van der Waals surface area contributed by atoms with Crippen molar-refractivity contribution in [1.29, 1.82) is 0 Å². The topological polar surface area (TPSA) is 113 Å². The van der Waals surface area contributed by atoms with Crippen LogP contribution in [0.5, 0.6) is 0 Å². The van der Waals surface area contributed by atoms with E-state index in [4.69, 9.17) is 0 Å². The normalized spacial score (nSPS) is 12.0. The van der Waals surface area contributed by atoms with Crippen molar-refractivity contribution >= 4 is 37.3 Å². The van der Waals surface area contributed by atoms with Gasteiger partial charge in [0, 0.05) is 26.7 Å². The standard InChI is InChI=1S/C17H21N3O5S2/c1-12-5-8-16(27(24,25)20(3)4)11-17(12)19-26(22,23)15-9-6-14(7-10-15)18-13(2)21/h5-11,19H,1-4H3,(H,18,21). The van der Waals surface area contributed by atoms with Crippen LogP contribution in [-0.4, -0.2) is 41.1 Å². The predicted molar refractivity (Wildman–Crippen MR) is 104 cm³/mol. The van der Waals surface area contributed by atoms with Crippen molar-refractivity contribution in [3.05, 3.63) is 48.0 Å². The van der Waals surface area contributed by atoms with Gasteiger partial charge in [-0.1, -0.05) is 6.07 Å². The SMILES string of the molecule is CC(=O)Nc1ccc(S(=O)(=O)Nc2cc(S(=O)(=O)N(C)C)ccc2C)cc1. The number of carbonyl (C=O) groups excluding carboxylic acids is 1. The molecule has 0 aliphatic carbocycles. The minimum absolute atomic E-state index is 0.0168. The highest BCUT2D eigenvalue weighted by Crippen LogP contribution is 2.25. The number of amides is 1. The number of carbonyl (C=O) groups is 1. The van der Waals surface area contributed by atoms with Crippen molar-refractivity contribution in [3.8, 4) is 0 Å². The van der Waals surface area contributed by atoms with Crippen LogP contribution >= 0.6 is 0 Å². The molecule has 0 heterocycles. The molecule has 0 saturated heterocycles. The zero-order chi connectivity index (χ0) is 20.4. The quantitative estimate of drug-likeness (QED) is 0.755. The van der Waals surface area contributed by atoms with Crippen molar-refractivity contribution < 1.29 is 21.6 Å². The molecule has 2 N–H and O–H groups in total. The Kier molecular flexibility index (Phi) is 5.93. The van der Waals surface area contributed by atoms with Gasteiger partial charge in [-0.25, -0.2) is 21.1 Å². The molecule has 8 nitrogen and oxygen atoms in total. The summed E-state index contributed by atoms with van der Waals surface area (Å²) >= 11 is 0. The fourth-order valence-corrected chi connectivity index (χ4v) is 4.26. The van der Waals surface area contributed by atoms with Crippen LogP contribution in [-0.2, 0) is 24.8 Å². The van der Waals surface area contributed by atoms with Gasteiger partial charge >= 0.3 is 0 Å². The molecule has 2 aromatic rings. The maximum atomic E-state index is 12.6. The van der Waals surface area contributed by atoms with E-state index >= 15 is 0 Å². The van der Waals surface area contributed by atoms with E-state index in [9.17, 15) is 21.6 Å². The highest BCUT2D eigenvalue weighted by atomic mass is 32.2. The van der Waals surface area contributed by atoms with Crippen LogP contribution in [0, 0.1) is 6.92 Å². The average Bonchev–Trinajstić information content (AvgIpc) is 2.56. The fourth-order valence-electron chi connectivity index (χ4n) is 2.21. The van der Waals surface area contributed by atoms with Crippen LogP contribution in [0.4, 0.5) is 11.4 Å². The van der Waals surface area contributed by atoms with Crippen molar-refractivity contribution in [2.45, 2.75) is 23.6 Å². The second-order valence-electron chi connectivity index (χ2n) is 6.08. The molecule has 2 rings (SSSR count). The molecule has 0 spiro atoms. The predicted octanol–water partition coefficient (Wildman–Crippen LogP) is 2.00. The average molecular weight is 412 g/mol. The van der Waals surface area contributed by atoms with E-state index in [1.54, 1.807) is 6.92 Å². The molecule has 0 atom stereocenters. The molecule has 10 heteroatoms. The summed E-state index contributed by atoms with van der Waals surface area (Å²) in [6, 6.07) is 9.88. The molecule has 146 valence electrons. The summed E-state index contributed by atoms with van der Waals surface area (Å²) in [4.78, 5) is 11.0. The Bertz CT molecular complexity index is 1060.